The summed E-state index contributed by atoms with van der Waals surface area (Å²) in [6, 6.07) is 36.8. The molecule has 1 heterocycles. The van der Waals surface area contributed by atoms with E-state index in [2.05, 4.69) is 13.0 Å². The zero-order valence-corrected chi connectivity index (χ0v) is 39.5. The Bertz CT molecular complexity index is 2370. The quantitative estimate of drug-likeness (QED) is 0.0345. The minimum absolute atomic E-state index is 0.0618. The van der Waals surface area contributed by atoms with Crippen LogP contribution < -0.4 is 23.7 Å². The fraction of sp³-hybridized carbons (Fsp3) is 0.364. The van der Waals surface area contributed by atoms with Crippen molar-refractivity contribution in [2.24, 2.45) is 17.3 Å². The predicted molar refractivity (Wildman–Crippen MR) is 256 cm³/mol. The zero-order chi connectivity index (χ0) is 48.7. The Hall–Kier alpha value is -7.17. The van der Waals surface area contributed by atoms with Gasteiger partial charge in [-0.2, -0.15) is 5.26 Å². The number of hydrogen-bond donors (Lipinski definition) is 0. The van der Waals surface area contributed by atoms with Gasteiger partial charge in [-0.1, -0.05) is 58.9 Å². The zero-order valence-electron chi connectivity index (χ0n) is 39.5. The van der Waals surface area contributed by atoms with Crippen molar-refractivity contribution in [3.8, 4) is 45.9 Å². The topological polar surface area (TPSA) is 166 Å². The molecule has 0 saturated carbocycles. The lowest BCUT2D eigenvalue weighted by Crippen LogP contribution is -2.46. The molecule has 0 bridgehead atoms. The van der Waals surface area contributed by atoms with Crippen LogP contribution in [0.1, 0.15) is 93.0 Å². The van der Waals surface area contributed by atoms with E-state index in [4.69, 9.17) is 43.2 Å². The summed E-state index contributed by atoms with van der Waals surface area (Å²) >= 11 is 0. The van der Waals surface area contributed by atoms with Gasteiger partial charge in [0, 0.05) is 0 Å². The lowest BCUT2D eigenvalue weighted by atomic mass is 9.84. The highest BCUT2D eigenvalue weighted by Crippen LogP contribution is 2.32. The summed E-state index contributed by atoms with van der Waals surface area (Å²) in [4.78, 5) is 48.6. The molecular weight excluding hydrogens is 867 g/mol. The Morgan fingerprint density at radius 3 is 1.25 bits per heavy atom. The van der Waals surface area contributed by atoms with Gasteiger partial charge in [-0.15, -0.1) is 0 Å². The van der Waals surface area contributed by atoms with Crippen LogP contribution in [0.5, 0.6) is 28.7 Å². The average molecular weight is 928 g/mol. The lowest BCUT2D eigenvalue weighted by Gasteiger charge is -2.40. The Labute approximate surface area is 399 Å². The molecule has 0 aromatic heterocycles. The summed E-state index contributed by atoms with van der Waals surface area (Å²) in [5.74, 6) is 1.28. The van der Waals surface area contributed by atoms with E-state index in [-0.39, 0.29) is 55.6 Å². The van der Waals surface area contributed by atoms with Crippen molar-refractivity contribution in [1.29, 1.82) is 5.26 Å². The van der Waals surface area contributed by atoms with Crippen LogP contribution in [0.4, 0.5) is 0 Å². The molecule has 1 saturated heterocycles. The standard InChI is InChI=1S/C28H27NO5.C27H34O7/c1-3-21(4-2)27(30)33-18-17-32-25-13-11-24(12-14-25)28(31)34-26-15-9-23(10-16-26)22-7-5-20(19-29)6-8-22;1-4-20(5-2)25(28)32-16-15-31-22-11-13-24(14-12-22)34-26(29)21-7-9-23(10-8-21)33-19-27(6-3)17-30-18-27/h5-16,21H,3-4,17-18H2,1-2H3;7-14,20H,4-6,15-19H2,1-3H3. The van der Waals surface area contributed by atoms with Gasteiger partial charge in [-0.05, 0) is 140 Å². The minimum atomic E-state index is -0.475. The SMILES string of the molecule is CCC(CC)C(=O)OCCOc1ccc(C(=O)Oc2ccc(-c3ccc(C#N)cc3)cc2)cc1.CCC(CC)C(=O)OCCOc1ccc(OC(=O)c2ccc(OCC3(CC)COC3)cc2)cc1. The van der Waals surface area contributed by atoms with Crippen LogP contribution in [0.15, 0.2) is 121 Å². The molecule has 13 heteroatoms. The number of ether oxygens (including phenoxy) is 8. The third-order valence-electron chi connectivity index (χ3n) is 11.6. The van der Waals surface area contributed by atoms with Crippen LogP contribution in [-0.2, 0) is 23.8 Å². The summed E-state index contributed by atoms with van der Waals surface area (Å²) in [7, 11) is 0. The van der Waals surface area contributed by atoms with Crippen molar-refractivity contribution in [2.75, 3.05) is 46.2 Å². The van der Waals surface area contributed by atoms with Crippen molar-refractivity contribution in [3.05, 3.63) is 138 Å². The molecule has 1 aliphatic rings. The average Bonchev–Trinajstić information content (AvgIpc) is 3.36. The molecule has 358 valence electrons. The Morgan fingerprint density at radius 2 is 0.882 bits per heavy atom. The van der Waals surface area contributed by atoms with Crippen LogP contribution in [0.2, 0.25) is 0 Å². The van der Waals surface area contributed by atoms with Gasteiger partial charge in [0.1, 0.15) is 55.2 Å². The van der Waals surface area contributed by atoms with E-state index in [1.54, 1.807) is 97.1 Å². The molecule has 6 rings (SSSR count). The summed E-state index contributed by atoms with van der Waals surface area (Å²) in [5, 5.41) is 8.91. The molecule has 0 radical (unpaired) electrons. The number of nitrogens with zero attached hydrogens (tertiary/aromatic N) is 1. The normalized spacial score (nSPS) is 12.3. The molecule has 0 atom stereocenters. The fourth-order valence-corrected chi connectivity index (χ4v) is 6.86. The van der Waals surface area contributed by atoms with Gasteiger partial charge in [0.05, 0.1) is 59.8 Å². The molecule has 5 aromatic carbocycles. The largest absolute Gasteiger partial charge is 0.493 e. The van der Waals surface area contributed by atoms with Crippen molar-refractivity contribution >= 4 is 23.9 Å². The first-order valence-corrected chi connectivity index (χ1v) is 23.2. The van der Waals surface area contributed by atoms with Crippen LogP contribution in [0.3, 0.4) is 0 Å². The van der Waals surface area contributed by atoms with Gasteiger partial charge in [0.15, 0.2) is 0 Å². The van der Waals surface area contributed by atoms with E-state index in [0.717, 1.165) is 56.4 Å². The van der Waals surface area contributed by atoms with E-state index in [0.29, 0.717) is 52.0 Å². The van der Waals surface area contributed by atoms with E-state index >= 15 is 0 Å². The monoisotopic (exact) mass is 927 g/mol. The minimum Gasteiger partial charge on any atom is -0.493 e. The number of carbonyl (C=O) groups excluding carboxylic acids is 4. The second kappa shape index (κ2) is 26.8. The number of hydrogen-bond acceptors (Lipinski definition) is 13. The maximum absolute atomic E-state index is 12.5. The number of esters is 4. The van der Waals surface area contributed by atoms with Gasteiger partial charge in [0.25, 0.3) is 0 Å². The molecule has 1 fully saturated rings. The van der Waals surface area contributed by atoms with Gasteiger partial charge in [-0.25, -0.2) is 9.59 Å². The molecule has 13 nitrogen and oxygen atoms in total. The van der Waals surface area contributed by atoms with E-state index in [1.165, 1.54) is 0 Å². The van der Waals surface area contributed by atoms with Crippen LogP contribution in [0.25, 0.3) is 11.1 Å². The van der Waals surface area contributed by atoms with Gasteiger partial charge >= 0.3 is 23.9 Å². The second-order valence-electron chi connectivity index (χ2n) is 16.2. The Morgan fingerprint density at radius 1 is 0.515 bits per heavy atom. The third kappa shape index (κ3) is 15.7. The first-order valence-electron chi connectivity index (χ1n) is 23.2. The second-order valence-corrected chi connectivity index (χ2v) is 16.2. The highest BCUT2D eigenvalue weighted by molar-refractivity contribution is 5.91. The van der Waals surface area contributed by atoms with Crippen LogP contribution >= 0.6 is 0 Å². The maximum atomic E-state index is 12.5. The Balaban J connectivity index is 0.000000254. The first-order chi connectivity index (χ1) is 33.0. The van der Waals surface area contributed by atoms with E-state index in [9.17, 15) is 19.2 Å². The number of rotatable bonds is 23. The molecule has 0 amide bonds. The van der Waals surface area contributed by atoms with Crippen LogP contribution in [-0.4, -0.2) is 70.1 Å². The third-order valence-corrected chi connectivity index (χ3v) is 11.6. The molecule has 0 aliphatic carbocycles. The molecular formula is C55H61NO12. The first kappa shape index (κ1) is 51.8. The molecule has 0 spiro atoms. The fourth-order valence-electron chi connectivity index (χ4n) is 6.86. The highest BCUT2D eigenvalue weighted by Gasteiger charge is 2.37. The molecule has 68 heavy (non-hydrogen) atoms. The van der Waals surface area contributed by atoms with Crippen LogP contribution in [0, 0.1) is 28.6 Å². The van der Waals surface area contributed by atoms with Crippen molar-refractivity contribution in [3.63, 3.8) is 0 Å². The predicted octanol–water partition coefficient (Wildman–Crippen LogP) is 10.9. The van der Waals surface area contributed by atoms with Crippen molar-refractivity contribution < 1.29 is 57.1 Å². The molecule has 5 aromatic rings. The summed E-state index contributed by atoms with van der Waals surface area (Å²) < 4.78 is 43.7. The molecule has 0 unspecified atom stereocenters. The lowest BCUT2D eigenvalue weighted by molar-refractivity contribution is -0.150. The van der Waals surface area contributed by atoms with Gasteiger partial charge in [-0.3, -0.25) is 9.59 Å². The van der Waals surface area contributed by atoms with E-state index < -0.39 is 11.9 Å². The van der Waals surface area contributed by atoms with Gasteiger partial charge < -0.3 is 37.9 Å². The summed E-state index contributed by atoms with van der Waals surface area (Å²) in [5.41, 5.74) is 3.46. The summed E-state index contributed by atoms with van der Waals surface area (Å²) in [6.45, 7) is 12.9. The highest BCUT2D eigenvalue weighted by atomic mass is 16.6. The number of nitriles is 1. The maximum Gasteiger partial charge on any atom is 0.343 e. The molecule has 0 N–H and O–H groups in total. The van der Waals surface area contributed by atoms with Crippen molar-refractivity contribution in [2.45, 2.75) is 66.7 Å². The number of benzene rings is 5. The smallest absolute Gasteiger partial charge is 0.343 e. The molecule has 1 aliphatic heterocycles. The van der Waals surface area contributed by atoms with Gasteiger partial charge in [0.2, 0.25) is 0 Å². The number of carbonyl (C=O) groups is 4. The Kier molecular flexibility index (Phi) is 20.5. The van der Waals surface area contributed by atoms with Crippen molar-refractivity contribution in [1.82, 2.24) is 0 Å². The summed E-state index contributed by atoms with van der Waals surface area (Å²) in [6.07, 6.45) is 4.06. The van der Waals surface area contributed by atoms with E-state index in [1.807, 2.05) is 52.0 Å².